The zero-order valence-electron chi connectivity index (χ0n) is 12.7. The highest BCUT2D eigenvalue weighted by atomic mass is 16.5. The molecule has 0 aliphatic carbocycles. The Kier molecular flexibility index (Phi) is 4.81. The molecule has 1 aromatic carbocycles. The highest BCUT2D eigenvalue weighted by Crippen LogP contribution is 2.27. The van der Waals surface area contributed by atoms with Crippen LogP contribution in [0.4, 0.5) is 11.8 Å². The fourth-order valence-corrected chi connectivity index (χ4v) is 1.95. The SMILES string of the molecule is CNc1nc(C)cc(NCc2ccc(OC)c(OC)c2)n1. The first-order valence-corrected chi connectivity index (χ1v) is 6.64. The number of rotatable bonds is 6. The molecular formula is C15H20N4O2. The summed E-state index contributed by atoms with van der Waals surface area (Å²) in [4.78, 5) is 8.61. The zero-order valence-corrected chi connectivity index (χ0v) is 12.7. The van der Waals surface area contributed by atoms with Crippen LogP contribution in [0, 0.1) is 6.92 Å². The van der Waals surface area contributed by atoms with Gasteiger partial charge >= 0.3 is 0 Å². The Morgan fingerprint density at radius 3 is 2.48 bits per heavy atom. The van der Waals surface area contributed by atoms with Crippen LogP contribution in [0.15, 0.2) is 24.3 Å². The lowest BCUT2D eigenvalue weighted by Crippen LogP contribution is -2.05. The summed E-state index contributed by atoms with van der Waals surface area (Å²) in [6, 6.07) is 7.72. The summed E-state index contributed by atoms with van der Waals surface area (Å²) in [6.07, 6.45) is 0. The van der Waals surface area contributed by atoms with E-state index in [0.717, 1.165) is 22.8 Å². The van der Waals surface area contributed by atoms with Gasteiger partial charge in [0, 0.05) is 25.4 Å². The summed E-state index contributed by atoms with van der Waals surface area (Å²) in [5.74, 6) is 2.81. The molecule has 6 heteroatoms. The Bertz CT molecular complexity index is 617. The summed E-state index contributed by atoms with van der Waals surface area (Å²) < 4.78 is 10.5. The van der Waals surface area contributed by atoms with E-state index in [1.165, 1.54) is 0 Å². The molecule has 0 saturated heterocycles. The Balaban J connectivity index is 2.11. The average molecular weight is 288 g/mol. The highest BCUT2D eigenvalue weighted by molar-refractivity contribution is 5.46. The third kappa shape index (κ3) is 3.75. The van der Waals surface area contributed by atoms with Crippen LogP contribution >= 0.6 is 0 Å². The zero-order chi connectivity index (χ0) is 15.2. The highest BCUT2D eigenvalue weighted by Gasteiger charge is 2.05. The number of hydrogen-bond acceptors (Lipinski definition) is 6. The Labute approximate surface area is 124 Å². The maximum atomic E-state index is 5.30. The molecule has 0 radical (unpaired) electrons. The summed E-state index contributed by atoms with van der Waals surface area (Å²) in [7, 11) is 5.05. The number of aromatic nitrogens is 2. The number of ether oxygens (including phenoxy) is 2. The molecule has 0 bridgehead atoms. The van der Waals surface area contributed by atoms with E-state index in [1.54, 1.807) is 21.3 Å². The quantitative estimate of drug-likeness (QED) is 0.851. The minimum atomic E-state index is 0.602. The van der Waals surface area contributed by atoms with Gasteiger partial charge in [0.05, 0.1) is 14.2 Å². The molecule has 6 nitrogen and oxygen atoms in total. The third-order valence-electron chi connectivity index (χ3n) is 3.00. The Hall–Kier alpha value is -2.50. The van der Waals surface area contributed by atoms with Crippen LogP contribution in [0.3, 0.4) is 0 Å². The summed E-state index contributed by atoms with van der Waals surface area (Å²) in [6.45, 7) is 2.57. The molecule has 2 aromatic rings. The lowest BCUT2D eigenvalue weighted by atomic mass is 10.2. The number of benzene rings is 1. The molecule has 1 heterocycles. The molecule has 112 valence electrons. The second-order valence-corrected chi connectivity index (χ2v) is 4.51. The van der Waals surface area contributed by atoms with Gasteiger partial charge in [0.25, 0.3) is 0 Å². The van der Waals surface area contributed by atoms with Crippen molar-refractivity contribution in [3.8, 4) is 11.5 Å². The van der Waals surface area contributed by atoms with Crippen molar-refractivity contribution >= 4 is 11.8 Å². The lowest BCUT2D eigenvalue weighted by Gasteiger charge is -2.11. The van der Waals surface area contributed by atoms with E-state index in [1.807, 2.05) is 31.2 Å². The van der Waals surface area contributed by atoms with Crippen molar-refractivity contribution < 1.29 is 9.47 Å². The molecule has 0 saturated carbocycles. The van der Waals surface area contributed by atoms with Gasteiger partial charge in [0.15, 0.2) is 11.5 Å². The van der Waals surface area contributed by atoms with Crippen LogP contribution in [0.25, 0.3) is 0 Å². The second-order valence-electron chi connectivity index (χ2n) is 4.51. The van der Waals surface area contributed by atoms with Crippen molar-refractivity contribution in [2.75, 3.05) is 31.9 Å². The van der Waals surface area contributed by atoms with Gasteiger partial charge in [-0.3, -0.25) is 0 Å². The van der Waals surface area contributed by atoms with Crippen LogP contribution in [0.5, 0.6) is 11.5 Å². The summed E-state index contributed by atoms with van der Waals surface area (Å²) >= 11 is 0. The fourth-order valence-electron chi connectivity index (χ4n) is 1.95. The molecule has 1 aromatic heterocycles. The number of anilines is 2. The van der Waals surface area contributed by atoms with Crippen molar-refractivity contribution in [2.24, 2.45) is 0 Å². The minimum Gasteiger partial charge on any atom is -0.493 e. The van der Waals surface area contributed by atoms with Crippen LogP contribution in [-0.2, 0) is 6.54 Å². The van der Waals surface area contributed by atoms with Crippen molar-refractivity contribution in [3.05, 3.63) is 35.5 Å². The first-order chi connectivity index (χ1) is 10.2. The van der Waals surface area contributed by atoms with Gasteiger partial charge in [0.1, 0.15) is 5.82 Å². The van der Waals surface area contributed by atoms with Gasteiger partial charge in [-0.15, -0.1) is 0 Å². The first kappa shape index (κ1) is 14.9. The summed E-state index contributed by atoms with van der Waals surface area (Å²) in [5, 5.41) is 6.22. The largest absolute Gasteiger partial charge is 0.493 e. The van der Waals surface area contributed by atoms with Crippen LogP contribution in [0.2, 0.25) is 0 Å². The third-order valence-corrected chi connectivity index (χ3v) is 3.00. The van der Waals surface area contributed by atoms with Gasteiger partial charge in [-0.2, -0.15) is 4.98 Å². The van der Waals surface area contributed by atoms with E-state index in [-0.39, 0.29) is 0 Å². The van der Waals surface area contributed by atoms with Gasteiger partial charge in [-0.25, -0.2) is 4.98 Å². The van der Waals surface area contributed by atoms with Crippen molar-refractivity contribution in [1.82, 2.24) is 9.97 Å². The Morgan fingerprint density at radius 1 is 1.05 bits per heavy atom. The van der Waals surface area contributed by atoms with Gasteiger partial charge in [-0.05, 0) is 24.6 Å². The van der Waals surface area contributed by atoms with E-state index in [4.69, 9.17) is 9.47 Å². The molecule has 0 fully saturated rings. The van der Waals surface area contributed by atoms with Gasteiger partial charge in [-0.1, -0.05) is 6.07 Å². The number of methoxy groups -OCH3 is 2. The smallest absolute Gasteiger partial charge is 0.224 e. The van der Waals surface area contributed by atoms with E-state index in [2.05, 4.69) is 20.6 Å². The maximum Gasteiger partial charge on any atom is 0.224 e. The van der Waals surface area contributed by atoms with E-state index in [9.17, 15) is 0 Å². The van der Waals surface area contributed by atoms with E-state index < -0.39 is 0 Å². The maximum absolute atomic E-state index is 5.30. The molecule has 0 aliphatic heterocycles. The Morgan fingerprint density at radius 2 is 1.81 bits per heavy atom. The van der Waals surface area contributed by atoms with Gasteiger partial charge in [0.2, 0.25) is 5.95 Å². The van der Waals surface area contributed by atoms with Crippen molar-refractivity contribution in [1.29, 1.82) is 0 Å². The molecule has 21 heavy (non-hydrogen) atoms. The molecule has 0 aliphatic rings. The molecule has 0 amide bonds. The van der Waals surface area contributed by atoms with Crippen LogP contribution in [-0.4, -0.2) is 31.2 Å². The monoisotopic (exact) mass is 288 g/mol. The predicted molar refractivity (Wildman–Crippen MR) is 83.2 cm³/mol. The number of nitrogens with zero attached hydrogens (tertiary/aromatic N) is 2. The topological polar surface area (TPSA) is 68.3 Å². The predicted octanol–water partition coefficient (Wildman–Crippen LogP) is 2.46. The first-order valence-electron chi connectivity index (χ1n) is 6.64. The molecule has 0 atom stereocenters. The molecule has 0 unspecified atom stereocenters. The van der Waals surface area contributed by atoms with E-state index >= 15 is 0 Å². The molecular weight excluding hydrogens is 268 g/mol. The molecule has 0 spiro atoms. The van der Waals surface area contributed by atoms with Gasteiger partial charge < -0.3 is 20.1 Å². The van der Waals surface area contributed by atoms with E-state index in [0.29, 0.717) is 18.2 Å². The standard InChI is InChI=1S/C15H20N4O2/c1-10-7-14(19-15(16-2)18-10)17-9-11-5-6-12(20-3)13(8-11)21-4/h5-8H,9H2,1-4H3,(H2,16,17,18,19). The number of aryl methyl sites for hydroxylation is 1. The van der Waals surface area contributed by atoms with Crippen molar-refractivity contribution in [3.63, 3.8) is 0 Å². The number of hydrogen-bond donors (Lipinski definition) is 2. The lowest BCUT2D eigenvalue weighted by molar-refractivity contribution is 0.354. The molecule has 2 rings (SSSR count). The number of nitrogens with one attached hydrogen (secondary N) is 2. The van der Waals surface area contributed by atoms with Crippen molar-refractivity contribution in [2.45, 2.75) is 13.5 Å². The van der Waals surface area contributed by atoms with Crippen LogP contribution < -0.4 is 20.1 Å². The summed E-state index contributed by atoms with van der Waals surface area (Å²) in [5.41, 5.74) is 1.99. The van der Waals surface area contributed by atoms with Crippen LogP contribution in [0.1, 0.15) is 11.3 Å². The normalized spacial score (nSPS) is 10.1. The fraction of sp³-hybridized carbons (Fsp3) is 0.333. The molecule has 2 N–H and O–H groups in total. The minimum absolute atomic E-state index is 0.602. The average Bonchev–Trinajstić information content (AvgIpc) is 2.52. The second kappa shape index (κ2) is 6.78.